The summed E-state index contributed by atoms with van der Waals surface area (Å²) in [5.74, 6) is 0. The van der Waals surface area contributed by atoms with E-state index >= 15 is 0 Å². The molecule has 1 fully saturated rings. The fourth-order valence-electron chi connectivity index (χ4n) is 3.04. The number of piperidine rings is 1. The van der Waals surface area contributed by atoms with Gasteiger partial charge < -0.3 is 15.3 Å². The van der Waals surface area contributed by atoms with E-state index in [1.54, 1.807) is 0 Å². The van der Waals surface area contributed by atoms with Gasteiger partial charge in [-0.2, -0.15) is 0 Å². The van der Waals surface area contributed by atoms with Crippen molar-refractivity contribution >= 4 is 27.7 Å². The number of likely N-dealkylation sites (tertiary alicyclic amines) is 1. The van der Waals surface area contributed by atoms with Crippen molar-refractivity contribution in [1.29, 1.82) is 0 Å². The molecule has 5 heteroatoms. The molecule has 1 amide bonds. The van der Waals surface area contributed by atoms with Crippen LogP contribution in [-0.2, 0) is 5.41 Å². The zero-order chi connectivity index (χ0) is 12.8. The molecule has 96 valence electrons. The lowest BCUT2D eigenvalue weighted by Gasteiger charge is -2.38. The minimum absolute atomic E-state index is 0.116. The lowest BCUT2D eigenvalue weighted by Crippen LogP contribution is -2.45. The molecule has 3 rings (SSSR count). The quantitative estimate of drug-likeness (QED) is 0.774. The molecule has 18 heavy (non-hydrogen) atoms. The average Bonchev–Trinajstić information content (AvgIpc) is 2.69. The van der Waals surface area contributed by atoms with Gasteiger partial charge in [0.25, 0.3) is 0 Å². The van der Waals surface area contributed by atoms with Crippen molar-refractivity contribution in [2.75, 3.05) is 25.0 Å². The zero-order valence-electron chi connectivity index (χ0n) is 9.95. The number of halogens is 1. The molecule has 1 saturated heterocycles. The van der Waals surface area contributed by atoms with Crippen LogP contribution in [0.15, 0.2) is 22.7 Å². The molecule has 1 aromatic rings. The van der Waals surface area contributed by atoms with Crippen LogP contribution in [0, 0.1) is 0 Å². The van der Waals surface area contributed by atoms with Crippen molar-refractivity contribution in [3.8, 4) is 0 Å². The number of anilines is 1. The average molecular weight is 311 g/mol. The topological polar surface area (TPSA) is 52.6 Å². The minimum atomic E-state index is -0.801. The number of nitrogens with one attached hydrogen (secondary N) is 1. The van der Waals surface area contributed by atoms with Crippen molar-refractivity contribution in [2.24, 2.45) is 0 Å². The summed E-state index contributed by atoms with van der Waals surface area (Å²) in [6.07, 6.45) is 0.996. The first-order valence-electron chi connectivity index (χ1n) is 6.13. The second-order valence-corrected chi connectivity index (χ2v) is 6.01. The number of hydrogen-bond acceptors (Lipinski definition) is 2. The SMILES string of the molecule is O=C(O)N1CCC2(CC1)CNc1ccc(Br)cc12. The summed E-state index contributed by atoms with van der Waals surface area (Å²) in [7, 11) is 0. The highest BCUT2D eigenvalue weighted by Crippen LogP contribution is 2.44. The Balaban J connectivity index is 1.88. The van der Waals surface area contributed by atoms with E-state index in [1.165, 1.54) is 16.2 Å². The number of carboxylic acid groups (broad SMARTS) is 1. The van der Waals surface area contributed by atoms with Crippen molar-refractivity contribution < 1.29 is 9.90 Å². The smallest absolute Gasteiger partial charge is 0.407 e. The minimum Gasteiger partial charge on any atom is -0.465 e. The first-order chi connectivity index (χ1) is 8.61. The highest BCUT2D eigenvalue weighted by atomic mass is 79.9. The van der Waals surface area contributed by atoms with Gasteiger partial charge >= 0.3 is 6.09 Å². The van der Waals surface area contributed by atoms with E-state index < -0.39 is 6.09 Å². The molecule has 2 heterocycles. The molecule has 1 spiro atoms. The predicted octanol–water partition coefficient (Wildman–Crippen LogP) is 2.89. The third-order valence-corrected chi connectivity index (χ3v) is 4.65. The molecular weight excluding hydrogens is 296 g/mol. The Labute approximate surface area is 114 Å². The van der Waals surface area contributed by atoms with Crippen LogP contribution in [-0.4, -0.2) is 35.7 Å². The number of amides is 1. The Morgan fingerprint density at radius 3 is 2.78 bits per heavy atom. The standard InChI is InChI=1S/C13H15BrN2O2/c14-9-1-2-11-10(7-9)13(8-15-11)3-5-16(6-4-13)12(17)18/h1-2,7,15H,3-6,8H2,(H,17,18). The molecule has 2 aliphatic rings. The molecule has 0 bridgehead atoms. The Bertz CT molecular complexity index is 496. The van der Waals surface area contributed by atoms with E-state index in [1.807, 2.05) is 6.07 Å². The monoisotopic (exact) mass is 310 g/mol. The van der Waals surface area contributed by atoms with Crippen LogP contribution in [0.3, 0.4) is 0 Å². The van der Waals surface area contributed by atoms with Crippen molar-refractivity contribution in [3.05, 3.63) is 28.2 Å². The maximum Gasteiger partial charge on any atom is 0.407 e. The van der Waals surface area contributed by atoms with Crippen LogP contribution >= 0.6 is 15.9 Å². The van der Waals surface area contributed by atoms with Crippen LogP contribution in [0.1, 0.15) is 18.4 Å². The van der Waals surface area contributed by atoms with E-state index in [0.29, 0.717) is 13.1 Å². The summed E-state index contributed by atoms with van der Waals surface area (Å²) in [5.41, 5.74) is 2.65. The Morgan fingerprint density at radius 2 is 2.11 bits per heavy atom. The van der Waals surface area contributed by atoms with Crippen LogP contribution in [0.4, 0.5) is 10.5 Å². The lowest BCUT2D eigenvalue weighted by atomic mass is 9.74. The second-order valence-electron chi connectivity index (χ2n) is 5.09. The third kappa shape index (κ3) is 1.77. The maximum absolute atomic E-state index is 11.0. The number of nitrogens with zero attached hydrogens (tertiary/aromatic N) is 1. The van der Waals surface area contributed by atoms with Gasteiger partial charge in [-0.3, -0.25) is 0 Å². The highest BCUT2D eigenvalue weighted by molar-refractivity contribution is 9.10. The lowest BCUT2D eigenvalue weighted by molar-refractivity contribution is 0.119. The van der Waals surface area contributed by atoms with Crippen LogP contribution < -0.4 is 5.32 Å². The molecular formula is C13H15BrN2O2. The normalized spacial score (nSPS) is 20.6. The number of hydrogen-bond donors (Lipinski definition) is 2. The molecule has 4 nitrogen and oxygen atoms in total. The van der Waals surface area contributed by atoms with Gasteiger partial charge in [-0.15, -0.1) is 0 Å². The molecule has 0 radical (unpaired) electrons. The van der Waals surface area contributed by atoms with Crippen molar-refractivity contribution in [3.63, 3.8) is 0 Å². The van der Waals surface area contributed by atoms with E-state index in [9.17, 15) is 4.79 Å². The summed E-state index contributed by atoms with van der Waals surface area (Å²) < 4.78 is 1.09. The summed E-state index contributed by atoms with van der Waals surface area (Å²) in [6.45, 7) is 2.18. The highest BCUT2D eigenvalue weighted by Gasteiger charge is 2.42. The van der Waals surface area contributed by atoms with Gasteiger partial charge in [0, 0.05) is 35.2 Å². The fraction of sp³-hybridized carbons (Fsp3) is 0.462. The molecule has 2 aliphatic heterocycles. The van der Waals surface area contributed by atoms with Gasteiger partial charge in [-0.05, 0) is 36.6 Å². The van der Waals surface area contributed by atoms with Gasteiger partial charge in [-0.1, -0.05) is 15.9 Å². The number of rotatable bonds is 0. The van der Waals surface area contributed by atoms with Gasteiger partial charge in [0.15, 0.2) is 0 Å². The molecule has 0 aromatic heterocycles. The Hall–Kier alpha value is -1.23. The van der Waals surface area contributed by atoms with E-state index in [2.05, 4.69) is 33.4 Å². The summed E-state index contributed by atoms with van der Waals surface area (Å²) >= 11 is 3.52. The van der Waals surface area contributed by atoms with Gasteiger partial charge in [0.05, 0.1) is 0 Å². The molecule has 0 aliphatic carbocycles. The molecule has 0 atom stereocenters. The van der Waals surface area contributed by atoms with Crippen LogP contribution in [0.2, 0.25) is 0 Å². The summed E-state index contributed by atoms with van der Waals surface area (Å²) in [5, 5.41) is 12.5. The summed E-state index contributed by atoms with van der Waals surface area (Å²) in [4.78, 5) is 12.5. The van der Waals surface area contributed by atoms with Gasteiger partial charge in [0.1, 0.15) is 0 Å². The predicted molar refractivity (Wildman–Crippen MR) is 73.1 cm³/mol. The van der Waals surface area contributed by atoms with Crippen LogP contribution in [0.25, 0.3) is 0 Å². The molecule has 1 aromatic carbocycles. The van der Waals surface area contributed by atoms with Crippen LogP contribution in [0.5, 0.6) is 0 Å². The Morgan fingerprint density at radius 1 is 1.39 bits per heavy atom. The largest absolute Gasteiger partial charge is 0.465 e. The second kappa shape index (κ2) is 4.16. The van der Waals surface area contributed by atoms with E-state index in [4.69, 9.17) is 5.11 Å². The zero-order valence-corrected chi connectivity index (χ0v) is 11.5. The number of fused-ring (bicyclic) bond motifs is 2. The summed E-state index contributed by atoms with van der Waals surface area (Å²) in [6, 6.07) is 6.31. The van der Waals surface area contributed by atoms with Crippen molar-refractivity contribution in [1.82, 2.24) is 4.90 Å². The van der Waals surface area contributed by atoms with Gasteiger partial charge in [-0.25, -0.2) is 4.79 Å². The van der Waals surface area contributed by atoms with E-state index in [-0.39, 0.29) is 5.41 Å². The fourth-order valence-corrected chi connectivity index (χ4v) is 3.40. The van der Waals surface area contributed by atoms with Crippen molar-refractivity contribution in [2.45, 2.75) is 18.3 Å². The third-order valence-electron chi connectivity index (χ3n) is 4.16. The maximum atomic E-state index is 11.0. The van der Waals surface area contributed by atoms with Gasteiger partial charge in [0.2, 0.25) is 0 Å². The Kier molecular flexibility index (Phi) is 2.73. The first-order valence-corrected chi connectivity index (χ1v) is 6.92. The number of benzene rings is 1. The first kappa shape index (κ1) is 11.8. The van der Waals surface area contributed by atoms with E-state index in [0.717, 1.165) is 23.9 Å². The number of carbonyl (C=O) groups is 1. The molecule has 0 unspecified atom stereocenters. The molecule has 2 N–H and O–H groups in total. The molecule has 0 saturated carbocycles.